The molecular formula is C16H28N2. The molecule has 18 heavy (non-hydrogen) atoms. The third kappa shape index (κ3) is 4.02. The summed E-state index contributed by atoms with van der Waals surface area (Å²) in [5.41, 5.74) is 2.71. The predicted molar refractivity (Wildman–Crippen MR) is 81.3 cm³/mol. The van der Waals surface area contributed by atoms with Gasteiger partial charge in [0.1, 0.15) is 0 Å². The quantitative estimate of drug-likeness (QED) is 0.788. The zero-order valence-electron chi connectivity index (χ0n) is 12.5. The van der Waals surface area contributed by atoms with Gasteiger partial charge >= 0.3 is 0 Å². The fourth-order valence-corrected chi connectivity index (χ4v) is 2.38. The summed E-state index contributed by atoms with van der Waals surface area (Å²) in [5, 5.41) is 3.35. The second-order valence-corrected chi connectivity index (χ2v) is 5.27. The summed E-state index contributed by atoms with van der Waals surface area (Å²) in [7, 11) is 2.03. The molecule has 0 amide bonds. The van der Waals surface area contributed by atoms with Crippen LogP contribution in [0.15, 0.2) is 24.3 Å². The Labute approximate surface area is 112 Å². The van der Waals surface area contributed by atoms with Gasteiger partial charge in [0.2, 0.25) is 0 Å². The highest BCUT2D eigenvalue weighted by atomic mass is 15.1. The van der Waals surface area contributed by atoms with Crippen LogP contribution in [-0.2, 0) is 0 Å². The highest BCUT2D eigenvalue weighted by Gasteiger charge is 2.09. The van der Waals surface area contributed by atoms with Gasteiger partial charge in [-0.2, -0.15) is 0 Å². The van der Waals surface area contributed by atoms with Gasteiger partial charge in [0.25, 0.3) is 0 Å². The summed E-state index contributed by atoms with van der Waals surface area (Å²) in [5.74, 6) is 0.699. The van der Waals surface area contributed by atoms with Crippen molar-refractivity contribution in [3.05, 3.63) is 29.8 Å². The van der Waals surface area contributed by atoms with Crippen molar-refractivity contribution >= 4 is 5.69 Å². The van der Waals surface area contributed by atoms with Crippen molar-refractivity contribution in [2.45, 2.75) is 40.2 Å². The van der Waals surface area contributed by atoms with Crippen LogP contribution in [0.3, 0.4) is 0 Å². The summed E-state index contributed by atoms with van der Waals surface area (Å²) in [6.45, 7) is 11.2. The molecule has 1 aromatic carbocycles. The number of hydrogen-bond acceptors (Lipinski definition) is 2. The van der Waals surface area contributed by atoms with E-state index in [1.165, 1.54) is 11.3 Å². The molecule has 0 spiro atoms. The van der Waals surface area contributed by atoms with Gasteiger partial charge < -0.3 is 10.2 Å². The molecule has 0 saturated carbocycles. The number of anilines is 1. The normalized spacial score (nSPS) is 12.8. The standard InChI is InChI=1S/C16H28N2/c1-6-16(17-5)14-8-10-15(11-9-14)18(7-2)12-13(3)4/h8-11,13,16-17H,6-7,12H2,1-5H3. The smallest absolute Gasteiger partial charge is 0.0366 e. The van der Waals surface area contributed by atoms with E-state index in [1.807, 2.05) is 7.05 Å². The first kappa shape index (κ1) is 15.0. The van der Waals surface area contributed by atoms with Crippen molar-refractivity contribution in [3.8, 4) is 0 Å². The molecule has 1 unspecified atom stereocenters. The Morgan fingerprint density at radius 3 is 2.11 bits per heavy atom. The zero-order valence-corrected chi connectivity index (χ0v) is 12.5. The summed E-state index contributed by atoms with van der Waals surface area (Å²) in [4.78, 5) is 2.44. The SMILES string of the molecule is CCC(NC)c1ccc(N(CC)CC(C)C)cc1. The van der Waals surface area contributed by atoms with Crippen LogP contribution in [0.4, 0.5) is 5.69 Å². The topological polar surface area (TPSA) is 15.3 Å². The first-order chi connectivity index (χ1) is 8.62. The Hall–Kier alpha value is -1.02. The fraction of sp³-hybridized carbons (Fsp3) is 0.625. The van der Waals surface area contributed by atoms with Crippen molar-refractivity contribution in [2.24, 2.45) is 5.92 Å². The van der Waals surface area contributed by atoms with Crippen LogP contribution >= 0.6 is 0 Å². The van der Waals surface area contributed by atoms with E-state index < -0.39 is 0 Å². The largest absolute Gasteiger partial charge is 0.372 e. The van der Waals surface area contributed by atoms with Gasteiger partial charge in [-0.1, -0.05) is 32.9 Å². The van der Waals surface area contributed by atoms with Crippen LogP contribution < -0.4 is 10.2 Å². The van der Waals surface area contributed by atoms with E-state index in [-0.39, 0.29) is 0 Å². The number of rotatable bonds is 7. The Morgan fingerprint density at radius 2 is 1.72 bits per heavy atom. The lowest BCUT2D eigenvalue weighted by Crippen LogP contribution is -2.27. The van der Waals surface area contributed by atoms with Crippen LogP contribution in [0.25, 0.3) is 0 Å². The van der Waals surface area contributed by atoms with Gasteiger partial charge in [0.05, 0.1) is 0 Å². The maximum atomic E-state index is 3.35. The van der Waals surface area contributed by atoms with E-state index in [2.05, 4.69) is 62.2 Å². The molecule has 1 atom stereocenters. The number of benzene rings is 1. The minimum absolute atomic E-state index is 0.472. The number of hydrogen-bond donors (Lipinski definition) is 1. The van der Waals surface area contributed by atoms with E-state index >= 15 is 0 Å². The van der Waals surface area contributed by atoms with Crippen molar-refractivity contribution < 1.29 is 0 Å². The average Bonchev–Trinajstić information content (AvgIpc) is 2.38. The van der Waals surface area contributed by atoms with E-state index in [0.717, 1.165) is 19.5 Å². The molecule has 0 aliphatic heterocycles. The number of nitrogens with one attached hydrogen (secondary N) is 1. The molecule has 2 heteroatoms. The lowest BCUT2D eigenvalue weighted by atomic mass is 10.0. The van der Waals surface area contributed by atoms with Crippen molar-refractivity contribution in [1.29, 1.82) is 0 Å². The maximum absolute atomic E-state index is 3.35. The molecule has 2 nitrogen and oxygen atoms in total. The molecular weight excluding hydrogens is 220 g/mol. The fourth-order valence-electron chi connectivity index (χ4n) is 2.38. The van der Waals surface area contributed by atoms with Gasteiger partial charge in [-0.05, 0) is 44.0 Å². The molecule has 0 heterocycles. The minimum Gasteiger partial charge on any atom is -0.372 e. The summed E-state index contributed by atoms with van der Waals surface area (Å²) >= 11 is 0. The van der Waals surface area contributed by atoms with E-state index in [1.54, 1.807) is 0 Å². The third-order valence-electron chi connectivity index (χ3n) is 3.38. The van der Waals surface area contributed by atoms with E-state index in [0.29, 0.717) is 12.0 Å². The molecule has 1 aromatic rings. The maximum Gasteiger partial charge on any atom is 0.0366 e. The molecule has 0 aromatic heterocycles. The monoisotopic (exact) mass is 248 g/mol. The first-order valence-electron chi connectivity index (χ1n) is 7.14. The Bertz CT molecular complexity index is 325. The van der Waals surface area contributed by atoms with Gasteiger partial charge in [0, 0.05) is 24.8 Å². The Morgan fingerprint density at radius 1 is 1.11 bits per heavy atom. The van der Waals surface area contributed by atoms with Crippen LogP contribution in [-0.4, -0.2) is 20.1 Å². The van der Waals surface area contributed by atoms with Crippen LogP contribution in [0, 0.1) is 5.92 Å². The first-order valence-corrected chi connectivity index (χ1v) is 7.14. The van der Waals surface area contributed by atoms with Crippen LogP contribution in [0.5, 0.6) is 0 Å². The molecule has 0 saturated heterocycles. The molecule has 0 aliphatic carbocycles. The van der Waals surface area contributed by atoms with Gasteiger partial charge in [-0.15, -0.1) is 0 Å². The molecule has 1 rings (SSSR count). The highest BCUT2D eigenvalue weighted by Crippen LogP contribution is 2.21. The summed E-state index contributed by atoms with van der Waals surface area (Å²) in [6.07, 6.45) is 1.12. The Kier molecular flexibility index (Phi) is 6.20. The zero-order chi connectivity index (χ0) is 13.5. The average molecular weight is 248 g/mol. The van der Waals surface area contributed by atoms with Gasteiger partial charge in [0.15, 0.2) is 0 Å². The van der Waals surface area contributed by atoms with Crippen LogP contribution in [0.1, 0.15) is 45.7 Å². The van der Waals surface area contributed by atoms with Crippen molar-refractivity contribution in [2.75, 3.05) is 25.0 Å². The van der Waals surface area contributed by atoms with E-state index in [4.69, 9.17) is 0 Å². The summed E-state index contributed by atoms with van der Waals surface area (Å²) in [6, 6.07) is 9.48. The van der Waals surface area contributed by atoms with Crippen LogP contribution in [0.2, 0.25) is 0 Å². The molecule has 1 N–H and O–H groups in total. The molecule has 102 valence electrons. The molecule has 0 aliphatic rings. The van der Waals surface area contributed by atoms with Gasteiger partial charge in [-0.25, -0.2) is 0 Å². The second kappa shape index (κ2) is 7.42. The minimum atomic E-state index is 0.472. The lowest BCUT2D eigenvalue weighted by molar-refractivity contribution is 0.576. The molecule has 0 fully saturated rings. The molecule has 0 radical (unpaired) electrons. The van der Waals surface area contributed by atoms with Crippen molar-refractivity contribution in [3.63, 3.8) is 0 Å². The predicted octanol–water partition coefficient (Wildman–Crippen LogP) is 3.84. The van der Waals surface area contributed by atoms with E-state index in [9.17, 15) is 0 Å². The highest BCUT2D eigenvalue weighted by molar-refractivity contribution is 5.48. The second-order valence-electron chi connectivity index (χ2n) is 5.27. The summed E-state index contributed by atoms with van der Waals surface area (Å²) < 4.78 is 0. The molecule has 0 bridgehead atoms. The third-order valence-corrected chi connectivity index (χ3v) is 3.38. The Balaban J connectivity index is 2.80. The van der Waals surface area contributed by atoms with Crippen molar-refractivity contribution in [1.82, 2.24) is 5.32 Å². The van der Waals surface area contributed by atoms with Gasteiger partial charge in [-0.3, -0.25) is 0 Å². The lowest BCUT2D eigenvalue weighted by Gasteiger charge is -2.26. The number of nitrogens with zero attached hydrogens (tertiary/aromatic N) is 1.